The highest BCUT2D eigenvalue weighted by Crippen LogP contribution is 2.32. The first-order chi connectivity index (χ1) is 9.04. The van der Waals surface area contributed by atoms with Crippen LogP contribution in [0, 0.1) is 5.82 Å². The van der Waals surface area contributed by atoms with E-state index in [0.717, 1.165) is 0 Å². The Hall–Kier alpha value is -2.08. The number of H-pyrrole nitrogens is 1. The number of hydrogen-bond acceptors (Lipinski definition) is 3. The summed E-state index contributed by atoms with van der Waals surface area (Å²) in [5.74, 6) is -0.118. The van der Waals surface area contributed by atoms with Gasteiger partial charge in [0.05, 0.1) is 21.1 Å². The molecule has 1 heterocycles. The number of aromatic amines is 1. The van der Waals surface area contributed by atoms with Gasteiger partial charge >= 0.3 is 0 Å². The van der Waals surface area contributed by atoms with Crippen LogP contribution in [0.2, 0.25) is 0 Å². The zero-order valence-electron chi connectivity index (χ0n) is 9.48. The molecule has 0 atom stereocenters. The van der Waals surface area contributed by atoms with Crippen molar-refractivity contribution in [1.29, 1.82) is 0 Å². The number of halogens is 2. The average molecular weight is 323 g/mol. The van der Waals surface area contributed by atoms with Crippen molar-refractivity contribution in [2.75, 3.05) is 0 Å². The molecule has 0 aliphatic carbocycles. The molecular formula is C13H8BrFN2O2. The van der Waals surface area contributed by atoms with E-state index in [0.29, 0.717) is 26.9 Å². The molecule has 2 aromatic carbocycles. The Morgan fingerprint density at radius 2 is 1.95 bits per heavy atom. The molecular weight excluding hydrogens is 315 g/mol. The van der Waals surface area contributed by atoms with Gasteiger partial charge in [0.25, 0.3) is 0 Å². The molecule has 1 aromatic heterocycles. The molecule has 0 aliphatic rings. The second-order valence-corrected chi connectivity index (χ2v) is 4.92. The number of imidazole rings is 1. The molecule has 0 unspecified atom stereocenters. The van der Waals surface area contributed by atoms with Gasteiger partial charge in [0, 0.05) is 12.1 Å². The highest BCUT2D eigenvalue weighted by Gasteiger charge is 2.12. The zero-order chi connectivity index (χ0) is 13.6. The summed E-state index contributed by atoms with van der Waals surface area (Å²) in [6.45, 7) is 0. The minimum absolute atomic E-state index is 0.0360. The second kappa shape index (κ2) is 4.24. The van der Waals surface area contributed by atoms with Crippen molar-refractivity contribution < 1.29 is 14.6 Å². The van der Waals surface area contributed by atoms with Gasteiger partial charge in [-0.05, 0) is 34.1 Å². The first kappa shape index (κ1) is 12.0. The van der Waals surface area contributed by atoms with Gasteiger partial charge in [-0.25, -0.2) is 9.37 Å². The molecule has 0 saturated heterocycles. The summed E-state index contributed by atoms with van der Waals surface area (Å²) in [6, 6.07) is 7.08. The minimum atomic E-state index is -0.391. The van der Waals surface area contributed by atoms with E-state index < -0.39 is 5.82 Å². The maximum absolute atomic E-state index is 13.4. The van der Waals surface area contributed by atoms with Crippen molar-refractivity contribution in [2.24, 2.45) is 0 Å². The summed E-state index contributed by atoms with van der Waals surface area (Å²) < 4.78 is 13.7. The molecule has 0 fully saturated rings. The van der Waals surface area contributed by atoms with Crippen molar-refractivity contribution in [3.05, 3.63) is 40.6 Å². The maximum atomic E-state index is 13.4. The van der Waals surface area contributed by atoms with Crippen molar-refractivity contribution in [3.8, 4) is 22.9 Å². The van der Waals surface area contributed by atoms with E-state index in [1.165, 1.54) is 24.3 Å². The first-order valence-corrected chi connectivity index (χ1v) is 6.21. The Balaban J connectivity index is 2.20. The average Bonchev–Trinajstić information content (AvgIpc) is 2.72. The smallest absolute Gasteiger partial charge is 0.142 e. The lowest BCUT2D eigenvalue weighted by atomic mass is 10.2. The maximum Gasteiger partial charge on any atom is 0.142 e. The van der Waals surface area contributed by atoms with E-state index in [4.69, 9.17) is 0 Å². The summed E-state index contributed by atoms with van der Waals surface area (Å²) >= 11 is 3.09. The molecule has 19 heavy (non-hydrogen) atoms. The van der Waals surface area contributed by atoms with Crippen LogP contribution >= 0.6 is 15.9 Å². The van der Waals surface area contributed by atoms with Crippen molar-refractivity contribution in [2.45, 2.75) is 0 Å². The molecule has 0 saturated carbocycles. The molecule has 0 spiro atoms. The van der Waals surface area contributed by atoms with Crippen LogP contribution in [0.15, 0.2) is 34.8 Å². The van der Waals surface area contributed by atoms with Crippen LogP contribution in [0.1, 0.15) is 0 Å². The van der Waals surface area contributed by atoms with Crippen LogP contribution in [0.4, 0.5) is 4.39 Å². The summed E-state index contributed by atoms with van der Waals surface area (Å²) in [6.07, 6.45) is 0. The normalized spacial score (nSPS) is 11.1. The molecule has 0 aliphatic heterocycles. The summed E-state index contributed by atoms with van der Waals surface area (Å²) in [5.41, 5.74) is 1.55. The molecule has 4 nitrogen and oxygen atoms in total. The van der Waals surface area contributed by atoms with E-state index >= 15 is 0 Å². The quantitative estimate of drug-likeness (QED) is 0.641. The fourth-order valence-electron chi connectivity index (χ4n) is 1.85. The second-order valence-electron chi connectivity index (χ2n) is 4.07. The summed E-state index contributed by atoms with van der Waals surface area (Å²) in [5, 5.41) is 19.0. The number of nitrogens with zero attached hydrogens (tertiary/aromatic N) is 1. The molecule has 96 valence electrons. The Labute approximate surface area is 115 Å². The molecule has 3 aromatic rings. The van der Waals surface area contributed by atoms with Gasteiger partial charge in [0.1, 0.15) is 23.1 Å². The third-order valence-corrected chi connectivity index (χ3v) is 3.37. The Morgan fingerprint density at radius 1 is 1.16 bits per heavy atom. The van der Waals surface area contributed by atoms with E-state index in [1.807, 2.05) is 0 Å². The predicted octanol–water partition coefficient (Wildman–Crippen LogP) is 3.54. The van der Waals surface area contributed by atoms with E-state index in [-0.39, 0.29) is 11.5 Å². The number of phenols is 2. The van der Waals surface area contributed by atoms with Crippen LogP contribution < -0.4 is 0 Å². The van der Waals surface area contributed by atoms with E-state index in [1.54, 1.807) is 6.07 Å². The lowest BCUT2D eigenvalue weighted by Gasteiger charge is -2.00. The van der Waals surface area contributed by atoms with Gasteiger partial charge in [0.15, 0.2) is 0 Å². The van der Waals surface area contributed by atoms with Crippen LogP contribution in [0.3, 0.4) is 0 Å². The van der Waals surface area contributed by atoms with Gasteiger partial charge in [-0.1, -0.05) is 0 Å². The number of aromatic nitrogens is 2. The summed E-state index contributed by atoms with van der Waals surface area (Å²) in [4.78, 5) is 7.21. The topological polar surface area (TPSA) is 69.1 Å². The predicted molar refractivity (Wildman–Crippen MR) is 72.5 cm³/mol. The van der Waals surface area contributed by atoms with Gasteiger partial charge in [-0.15, -0.1) is 0 Å². The molecule has 6 heteroatoms. The van der Waals surface area contributed by atoms with Crippen LogP contribution in [-0.2, 0) is 0 Å². The van der Waals surface area contributed by atoms with Crippen molar-refractivity contribution in [1.82, 2.24) is 9.97 Å². The number of aromatic hydroxyl groups is 2. The number of fused-ring (bicyclic) bond motifs is 1. The third kappa shape index (κ3) is 2.04. The number of rotatable bonds is 1. The monoisotopic (exact) mass is 322 g/mol. The zero-order valence-corrected chi connectivity index (χ0v) is 11.1. The SMILES string of the molecule is Oc1ccc(-c2nc3cc(Br)c(F)cc3[nH]2)c(O)c1. The minimum Gasteiger partial charge on any atom is -0.508 e. The fraction of sp³-hybridized carbons (Fsp3) is 0. The largest absolute Gasteiger partial charge is 0.508 e. The highest BCUT2D eigenvalue weighted by molar-refractivity contribution is 9.10. The Kier molecular flexibility index (Phi) is 2.67. The number of nitrogens with one attached hydrogen (secondary N) is 1. The van der Waals surface area contributed by atoms with Crippen molar-refractivity contribution >= 4 is 27.0 Å². The van der Waals surface area contributed by atoms with Crippen LogP contribution in [0.5, 0.6) is 11.5 Å². The Bertz CT molecular complexity index is 747. The molecule has 3 N–H and O–H groups in total. The van der Waals surface area contributed by atoms with Crippen LogP contribution in [-0.4, -0.2) is 20.2 Å². The fourth-order valence-corrected chi connectivity index (χ4v) is 2.18. The third-order valence-electron chi connectivity index (χ3n) is 2.76. The number of hydrogen-bond donors (Lipinski definition) is 3. The van der Waals surface area contributed by atoms with Gasteiger partial charge in [-0.2, -0.15) is 0 Å². The summed E-state index contributed by atoms with van der Waals surface area (Å²) in [7, 11) is 0. The molecule has 0 amide bonds. The van der Waals surface area contributed by atoms with Gasteiger partial charge < -0.3 is 15.2 Å². The number of benzene rings is 2. The highest BCUT2D eigenvalue weighted by atomic mass is 79.9. The van der Waals surface area contributed by atoms with E-state index in [2.05, 4.69) is 25.9 Å². The molecule has 0 radical (unpaired) electrons. The lowest BCUT2D eigenvalue weighted by molar-refractivity contribution is 0.451. The first-order valence-electron chi connectivity index (χ1n) is 5.42. The van der Waals surface area contributed by atoms with Crippen molar-refractivity contribution in [3.63, 3.8) is 0 Å². The van der Waals surface area contributed by atoms with Crippen LogP contribution in [0.25, 0.3) is 22.4 Å². The van der Waals surface area contributed by atoms with Gasteiger partial charge in [-0.3, -0.25) is 0 Å². The molecule has 3 rings (SSSR count). The molecule has 0 bridgehead atoms. The lowest BCUT2D eigenvalue weighted by Crippen LogP contribution is -1.81. The van der Waals surface area contributed by atoms with Gasteiger partial charge in [0.2, 0.25) is 0 Å². The van der Waals surface area contributed by atoms with E-state index in [9.17, 15) is 14.6 Å². The number of phenolic OH excluding ortho intramolecular Hbond substituents is 2. The Morgan fingerprint density at radius 3 is 2.68 bits per heavy atom. The standard InChI is InChI=1S/C13H8BrFN2O2/c14-8-4-10-11(5-9(8)15)17-13(16-10)7-2-1-6(18)3-12(7)19/h1-5,18-19H,(H,16,17).